The molecule has 0 saturated carbocycles. The van der Waals surface area contributed by atoms with Crippen LogP contribution in [0.25, 0.3) is 11.3 Å². The number of hydrogen-bond donors (Lipinski definition) is 2. The Kier molecular flexibility index (Phi) is 5.99. The third-order valence-electron chi connectivity index (χ3n) is 2.81. The third kappa shape index (κ3) is 5.00. The van der Waals surface area contributed by atoms with Gasteiger partial charge in [-0.3, -0.25) is 4.79 Å². The molecule has 2 amide bonds. The van der Waals surface area contributed by atoms with Gasteiger partial charge in [-0.05, 0) is 19.1 Å². The number of alkyl carbamates (subject to hydrolysis) is 1. The Morgan fingerprint density at radius 1 is 1.26 bits per heavy atom. The van der Waals surface area contributed by atoms with Gasteiger partial charge in [0.25, 0.3) is 5.91 Å². The Bertz CT molecular complexity index is 687. The minimum Gasteiger partial charge on any atom is -0.450 e. The van der Waals surface area contributed by atoms with Crippen molar-refractivity contribution in [3.63, 3.8) is 0 Å². The number of halogens is 1. The van der Waals surface area contributed by atoms with E-state index in [1.54, 1.807) is 25.1 Å². The van der Waals surface area contributed by atoms with Crippen LogP contribution >= 0.6 is 11.6 Å². The molecule has 2 aromatic rings. The van der Waals surface area contributed by atoms with Gasteiger partial charge in [0, 0.05) is 29.7 Å². The monoisotopic (exact) mass is 337 g/mol. The summed E-state index contributed by atoms with van der Waals surface area (Å²) >= 11 is 5.91. The van der Waals surface area contributed by atoms with E-state index >= 15 is 0 Å². The number of ether oxygens (including phenoxy) is 1. The Balaban J connectivity index is 1.85. The first-order chi connectivity index (χ1) is 11.1. The second-order valence-corrected chi connectivity index (χ2v) is 4.93. The third-order valence-corrected chi connectivity index (χ3v) is 3.04. The molecule has 122 valence electrons. The summed E-state index contributed by atoms with van der Waals surface area (Å²) in [5, 5.41) is 9.51. The maximum atomic E-state index is 11.9. The normalized spacial score (nSPS) is 10.2. The summed E-state index contributed by atoms with van der Waals surface area (Å²) in [5.74, 6) is -0.340. The zero-order valence-corrected chi connectivity index (χ0v) is 13.2. The molecule has 8 heteroatoms. The molecule has 0 aliphatic carbocycles. The van der Waals surface area contributed by atoms with Gasteiger partial charge in [-0.1, -0.05) is 28.9 Å². The van der Waals surface area contributed by atoms with Crippen LogP contribution in [0.15, 0.2) is 34.9 Å². The lowest BCUT2D eigenvalue weighted by Gasteiger charge is -2.05. The first kappa shape index (κ1) is 16.8. The van der Waals surface area contributed by atoms with E-state index in [1.165, 1.54) is 6.07 Å². The highest BCUT2D eigenvalue weighted by molar-refractivity contribution is 6.30. The van der Waals surface area contributed by atoms with Crippen LogP contribution in [0.2, 0.25) is 5.02 Å². The lowest BCUT2D eigenvalue weighted by molar-refractivity contribution is 0.0915. The van der Waals surface area contributed by atoms with Crippen molar-refractivity contribution in [2.45, 2.75) is 6.92 Å². The highest BCUT2D eigenvalue weighted by Gasteiger charge is 2.13. The number of aromatic nitrogens is 1. The van der Waals surface area contributed by atoms with Gasteiger partial charge in [-0.2, -0.15) is 0 Å². The minimum atomic E-state index is -0.523. The largest absolute Gasteiger partial charge is 0.450 e. The molecular formula is C15H16ClN3O4. The van der Waals surface area contributed by atoms with Crippen molar-refractivity contribution in [2.24, 2.45) is 0 Å². The SMILES string of the molecule is CCOC(=O)NCCNC(=O)c1cc(-c2cccc(Cl)c2)no1. The zero-order chi connectivity index (χ0) is 16.7. The van der Waals surface area contributed by atoms with E-state index in [2.05, 4.69) is 15.8 Å². The Hall–Kier alpha value is -2.54. The molecule has 1 aromatic carbocycles. The average molecular weight is 338 g/mol. The Morgan fingerprint density at radius 3 is 2.78 bits per heavy atom. The van der Waals surface area contributed by atoms with Crippen LogP contribution in [0, 0.1) is 0 Å². The van der Waals surface area contributed by atoms with Crippen LogP contribution in [0.5, 0.6) is 0 Å². The predicted octanol–water partition coefficient (Wildman–Crippen LogP) is 2.47. The van der Waals surface area contributed by atoms with E-state index in [0.29, 0.717) is 17.3 Å². The van der Waals surface area contributed by atoms with Crippen molar-refractivity contribution in [2.75, 3.05) is 19.7 Å². The summed E-state index contributed by atoms with van der Waals surface area (Å²) in [5.41, 5.74) is 1.27. The molecule has 0 saturated heterocycles. The van der Waals surface area contributed by atoms with Crippen molar-refractivity contribution in [1.29, 1.82) is 0 Å². The van der Waals surface area contributed by atoms with Gasteiger partial charge in [-0.25, -0.2) is 4.79 Å². The molecule has 7 nitrogen and oxygen atoms in total. The van der Waals surface area contributed by atoms with Crippen LogP contribution in [0.3, 0.4) is 0 Å². The molecular weight excluding hydrogens is 322 g/mol. The maximum Gasteiger partial charge on any atom is 0.407 e. The summed E-state index contributed by atoms with van der Waals surface area (Å²) in [6, 6.07) is 8.60. The van der Waals surface area contributed by atoms with Gasteiger partial charge in [0.15, 0.2) is 0 Å². The fraction of sp³-hybridized carbons (Fsp3) is 0.267. The fourth-order valence-electron chi connectivity index (χ4n) is 1.78. The number of nitrogens with one attached hydrogen (secondary N) is 2. The highest BCUT2D eigenvalue weighted by Crippen LogP contribution is 2.22. The van der Waals surface area contributed by atoms with E-state index in [-0.39, 0.29) is 18.8 Å². The van der Waals surface area contributed by atoms with Crippen molar-refractivity contribution in [3.8, 4) is 11.3 Å². The number of amides is 2. The second-order valence-electron chi connectivity index (χ2n) is 4.49. The fourth-order valence-corrected chi connectivity index (χ4v) is 1.97. The first-order valence-corrected chi connectivity index (χ1v) is 7.39. The molecule has 0 aliphatic rings. The highest BCUT2D eigenvalue weighted by atomic mass is 35.5. The molecule has 23 heavy (non-hydrogen) atoms. The minimum absolute atomic E-state index is 0.0797. The molecule has 1 heterocycles. The molecule has 0 atom stereocenters. The number of benzene rings is 1. The molecule has 2 N–H and O–H groups in total. The van der Waals surface area contributed by atoms with Crippen LogP contribution in [-0.4, -0.2) is 36.9 Å². The van der Waals surface area contributed by atoms with Gasteiger partial charge in [0.2, 0.25) is 5.76 Å². The molecule has 0 bridgehead atoms. The summed E-state index contributed by atoms with van der Waals surface area (Å²) in [6.07, 6.45) is -0.523. The van der Waals surface area contributed by atoms with Gasteiger partial charge >= 0.3 is 6.09 Å². The molecule has 0 radical (unpaired) electrons. The molecule has 0 fully saturated rings. The van der Waals surface area contributed by atoms with Crippen LogP contribution in [-0.2, 0) is 4.74 Å². The van der Waals surface area contributed by atoms with E-state index in [4.69, 9.17) is 20.9 Å². The van der Waals surface area contributed by atoms with Gasteiger partial charge in [-0.15, -0.1) is 0 Å². The second kappa shape index (κ2) is 8.19. The Labute approximate surface area is 137 Å². The van der Waals surface area contributed by atoms with E-state index in [1.807, 2.05) is 6.07 Å². The molecule has 1 aromatic heterocycles. The average Bonchev–Trinajstić information content (AvgIpc) is 3.02. The summed E-state index contributed by atoms with van der Waals surface area (Å²) in [6.45, 7) is 2.50. The van der Waals surface area contributed by atoms with Crippen LogP contribution in [0.4, 0.5) is 4.79 Å². The molecule has 0 spiro atoms. The molecule has 0 unspecified atom stereocenters. The number of carbonyl (C=O) groups is 2. The molecule has 0 aliphatic heterocycles. The number of hydrogen-bond acceptors (Lipinski definition) is 5. The van der Waals surface area contributed by atoms with E-state index in [0.717, 1.165) is 5.56 Å². The number of nitrogens with zero attached hydrogens (tertiary/aromatic N) is 1. The van der Waals surface area contributed by atoms with Gasteiger partial charge < -0.3 is 19.9 Å². The standard InChI is InChI=1S/C15H16ClN3O4/c1-2-22-15(21)18-7-6-17-14(20)13-9-12(19-23-13)10-4-3-5-11(16)8-10/h3-5,8-9H,2,6-7H2,1H3,(H,17,20)(H,18,21). The van der Waals surface area contributed by atoms with E-state index in [9.17, 15) is 9.59 Å². The topological polar surface area (TPSA) is 93.5 Å². The lowest BCUT2D eigenvalue weighted by atomic mass is 10.1. The quantitative estimate of drug-likeness (QED) is 0.790. The van der Waals surface area contributed by atoms with Crippen molar-refractivity contribution < 1.29 is 18.8 Å². The summed E-state index contributed by atoms with van der Waals surface area (Å²) in [4.78, 5) is 23.0. The lowest BCUT2D eigenvalue weighted by Crippen LogP contribution is -2.34. The Morgan fingerprint density at radius 2 is 2.04 bits per heavy atom. The van der Waals surface area contributed by atoms with Crippen LogP contribution in [0.1, 0.15) is 17.5 Å². The number of carbonyl (C=O) groups excluding carboxylic acids is 2. The van der Waals surface area contributed by atoms with Crippen LogP contribution < -0.4 is 10.6 Å². The summed E-state index contributed by atoms with van der Waals surface area (Å²) in [7, 11) is 0. The predicted molar refractivity (Wildman–Crippen MR) is 84.3 cm³/mol. The van der Waals surface area contributed by atoms with Gasteiger partial charge in [0.05, 0.1) is 6.61 Å². The van der Waals surface area contributed by atoms with Gasteiger partial charge in [0.1, 0.15) is 5.69 Å². The number of rotatable bonds is 6. The summed E-state index contributed by atoms with van der Waals surface area (Å²) < 4.78 is 9.71. The van der Waals surface area contributed by atoms with Crippen molar-refractivity contribution in [3.05, 3.63) is 41.1 Å². The van der Waals surface area contributed by atoms with Crippen molar-refractivity contribution >= 4 is 23.6 Å². The maximum absolute atomic E-state index is 11.9. The molecule has 2 rings (SSSR count). The smallest absolute Gasteiger partial charge is 0.407 e. The first-order valence-electron chi connectivity index (χ1n) is 7.01. The van der Waals surface area contributed by atoms with E-state index < -0.39 is 12.0 Å². The van der Waals surface area contributed by atoms with Crippen molar-refractivity contribution in [1.82, 2.24) is 15.8 Å². The zero-order valence-electron chi connectivity index (χ0n) is 12.5.